The molecule has 0 aliphatic carbocycles. The summed E-state index contributed by atoms with van der Waals surface area (Å²) in [6.07, 6.45) is 6.10. The van der Waals surface area contributed by atoms with Crippen LogP contribution in [0.25, 0.3) is 0 Å². The van der Waals surface area contributed by atoms with E-state index in [0.717, 1.165) is 56.7 Å². The van der Waals surface area contributed by atoms with E-state index in [-0.39, 0.29) is 17.2 Å². The highest BCUT2D eigenvalue weighted by molar-refractivity contribution is 6.27. The van der Waals surface area contributed by atoms with Crippen molar-refractivity contribution in [3.8, 4) is 0 Å². The third-order valence-corrected chi connectivity index (χ3v) is 6.71. The first kappa shape index (κ1) is 27.7. The van der Waals surface area contributed by atoms with Crippen molar-refractivity contribution >= 4 is 23.8 Å². The number of likely N-dealkylation sites (tertiary alicyclic amines) is 1. The molecule has 1 fully saturated rings. The molecule has 37 heavy (non-hydrogen) atoms. The van der Waals surface area contributed by atoms with Gasteiger partial charge in [-0.25, -0.2) is 9.59 Å². The Kier molecular flexibility index (Phi) is 9.28. The monoisotopic (exact) mass is 516 g/mol. The number of carboxylic acids is 2. The molecule has 2 aliphatic heterocycles. The minimum Gasteiger partial charge on any atom is -0.473 e. The van der Waals surface area contributed by atoms with Gasteiger partial charge >= 0.3 is 11.9 Å². The normalized spacial score (nSPS) is 18.4. The number of pyridine rings is 1. The first-order valence-corrected chi connectivity index (χ1v) is 12.1. The maximum absolute atomic E-state index is 13.0. The summed E-state index contributed by atoms with van der Waals surface area (Å²) in [5.41, 5.74) is 1.69. The second kappa shape index (κ2) is 12.4. The molecule has 1 unspecified atom stereocenters. The molecule has 13 heteroatoms. The lowest BCUT2D eigenvalue weighted by atomic mass is 9.80. The third-order valence-electron chi connectivity index (χ3n) is 6.71. The van der Waals surface area contributed by atoms with Crippen LogP contribution in [0.15, 0.2) is 18.3 Å². The molecule has 0 bridgehead atoms. The van der Waals surface area contributed by atoms with Crippen LogP contribution >= 0.6 is 0 Å². The van der Waals surface area contributed by atoms with Gasteiger partial charge in [0, 0.05) is 51.6 Å². The van der Waals surface area contributed by atoms with Crippen molar-refractivity contribution in [3.05, 3.63) is 41.2 Å². The van der Waals surface area contributed by atoms with Gasteiger partial charge in [0.1, 0.15) is 5.82 Å². The quantitative estimate of drug-likeness (QED) is 0.364. The zero-order valence-corrected chi connectivity index (χ0v) is 21.0. The summed E-state index contributed by atoms with van der Waals surface area (Å²) < 4.78 is 6.92. The van der Waals surface area contributed by atoms with Gasteiger partial charge in [-0.3, -0.25) is 14.6 Å². The largest absolute Gasteiger partial charge is 0.473 e. The molecule has 2 aromatic heterocycles. The first-order valence-electron chi connectivity index (χ1n) is 12.1. The van der Waals surface area contributed by atoms with Gasteiger partial charge in [0.25, 0.3) is 11.8 Å². The SMILES string of the molecule is CCc1ccc(C(=O)N2CCC3(CCc4nnc(C(=O)NCCOC)n4CC3)C2)cn1.O=C(O)C(=O)O. The van der Waals surface area contributed by atoms with E-state index < -0.39 is 11.9 Å². The number of aliphatic carboxylic acids is 2. The summed E-state index contributed by atoms with van der Waals surface area (Å²) in [6.45, 7) is 5.11. The molecule has 1 saturated heterocycles. The van der Waals surface area contributed by atoms with Gasteiger partial charge in [-0.1, -0.05) is 6.92 Å². The molecule has 0 radical (unpaired) electrons. The number of nitrogens with zero attached hydrogens (tertiary/aromatic N) is 5. The van der Waals surface area contributed by atoms with Gasteiger partial charge in [0.05, 0.1) is 12.2 Å². The fourth-order valence-electron chi connectivity index (χ4n) is 4.58. The number of carboxylic acid groups (broad SMARTS) is 2. The van der Waals surface area contributed by atoms with Crippen molar-refractivity contribution in [2.24, 2.45) is 5.41 Å². The molecule has 1 spiro atoms. The Hall–Kier alpha value is -3.87. The van der Waals surface area contributed by atoms with Crippen molar-refractivity contribution < 1.29 is 34.1 Å². The summed E-state index contributed by atoms with van der Waals surface area (Å²) >= 11 is 0. The number of fused-ring (bicyclic) bond motifs is 1. The number of carbonyl (C=O) groups is 4. The van der Waals surface area contributed by atoms with E-state index in [4.69, 9.17) is 24.5 Å². The molecule has 13 nitrogen and oxygen atoms in total. The maximum atomic E-state index is 13.0. The number of nitrogens with one attached hydrogen (secondary N) is 1. The van der Waals surface area contributed by atoms with Gasteiger partial charge in [0.2, 0.25) is 5.82 Å². The lowest BCUT2D eigenvalue weighted by Gasteiger charge is -2.27. The Morgan fingerprint density at radius 2 is 1.81 bits per heavy atom. The predicted octanol–water partition coefficient (Wildman–Crippen LogP) is 0.636. The van der Waals surface area contributed by atoms with E-state index in [1.807, 2.05) is 21.6 Å². The predicted molar refractivity (Wildman–Crippen MR) is 129 cm³/mol. The summed E-state index contributed by atoms with van der Waals surface area (Å²) in [5, 5.41) is 26.0. The lowest BCUT2D eigenvalue weighted by Crippen LogP contribution is -2.33. The highest BCUT2D eigenvalue weighted by Crippen LogP contribution is 2.41. The van der Waals surface area contributed by atoms with E-state index >= 15 is 0 Å². The minimum atomic E-state index is -1.82. The van der Waals surface area contributed by atoms with E-state index in [0.29, 0.717) is 31.1 Å². The van der Waals surface area contributed by atoms with E-state index in [1.54, 1.807) is 13.3 Å². The molecule has 0 aromatic carbocycles. The van der Waals surface area contributed by atoms with Crippen LogP contribution in [0.1, 0.15) is 58.7 Å². The van der Waals surface area contributed by atoms with Crippen LogP contribution in [-0.2, 0) is 33.7 Å². The molecule has 1 atom stereocenters. The Labute approximate surface area is 213 Å². The smallest absolute Gasteiger partial charge is 0.414 e. The third kappa shape index (κ3) is 6.88. The molecule has 4 rings (SSSR count). The van der Waals surface area contributed by atoms with Crippen molar-refractivity contribution in [3.63, 3.8) is 0 Å². The van der Waals surface area contributed by atoms with Gasteiger partial charge in [0.15, 0.2) is 0 Å². The number of aromatic nitrogens is 4. The Morgan fingerprint density at radius 1 is 1.08 bits per heavy atom. The highest BCUT2D eigenvalue weighted by atomic mass is 16.5. The van der Waals surface area contributed by atoms with Crippen LogP contribution in [0, 0.1) is 5.41 Å². The summed E-state index contributed by atoms with van der Waals surface area (Å²) in [4.78, 5) is 50.0. The molecule has 2 aliphatic rings. The number of aryl methyl sites for hydroxylation is 2. The highest BCUT2D eigenvalue weighted by Gasteiger charge is 2.41. The fraction of sp³-hybridized carbons (Fsp3) is 0.542. The molecular weight excluding hydrogens is 484 g/mol. The molecular formula is C24H32N6O7. The van der Waals surface area contributed by atoms with E-state index in [1.165, 1.54) is 0 Å². The number of methoxy groups -OCH3 is 1. The van der Waals surface area contributed by atoms with Crippen LogP contribution in [0.5, 0.6) is 0 Å². The maximum Gasteiger partial charge on any atom is 0.414 e. The topological polar surface area (TPSA) is 177 Å². The van der Waals surface area contributed by atoms with Crippen molar-refractivity contribution in [2.75, 3.05) is 33.4 Å². The van der Waals surface area contributed by atoms with Crippen LogP contribution in [0.3, 0.4) is 0 Å². The molecule has 2 aromatic rings. The summed E-state index contributed by atoms with van der Waals surface area (Å²) in [6, 6.07) is 3.80. The number of hydrogen-bond acceptors (Lipinski definition) is 8. The molecule has 0 saturated carbocycles. The minimum absolute atomic E-state index is 0.0499. The van der Waals surface area contributed by atoms with Gasteiger partial charge in [-0.15, -0.1) is 10.2 Å². The standard InChI is InChI=1S/C22H30N6O3.C2H2O4/c1-3-17-5-4-16(14-24-17)21(30)27-11-8-22(15-27)7-6-18-25-26-19(28(18)12-9-22)20(29)23-10-13-31-2;3-1(4)2(5)6/h4-5,14H,3,6-13,15H2,1-2H3,(H,23,29);(H,3,4)(H,5,6). The number of rotatable bonds is 6. The van der Waals surface area contributed by atoms with Crippen LogP contribution in [0.4, 0.5) is 0 Å². The van der Waals surface area contributed by atoms with Crippen LogP contribution < -0.4 is 5.32 Å². The zero-order valence-electron chi connectivity index (χ0n) is 21.0. The number of ether oxygens (including phenoxy) is 1. The Bertz CT molecular complexity index is 1120. The van der Waals surface area contributed by atoms with Crippen molar-refractivity contribution in [1.82, 2.24) is 30.0 Å². The van der Waals surface area contributed by atoms with Gasteiger partial charge in [-0.05, 0) is 43.2 Å². The molecule has 200 valence electrons. The average Bonchev–Trinajstić information content (AvgIpc) is 3.46. The van der Waals surface area contributed by atoms with Gasteiger partial charge in [-0.2, -0.15) is 0 Å². The molecule has 4 heterocycles. The van der Waals surface area contributed by atoms with E-state index in [9.17, 15) is 9.59 Å². The molecule has 2 amide bonds. The molecule has 3 N–H and O–H groups in total. The van der Waals surface area contributed by atoms with E-state index in [2.05, 4.69) is 27.4 Å². The second-order valence-corrected chi connectivity index (χ2v) is 9.07. The summed E-state index contributed by atoms with van der Waals surface area (Å²) in [7, 11) is 1.60. The lowest BCUT2D eigenvalue weighted by molar-refractivity contribution is -0.159. The number of amides is 2. The first-order chi connectivity index (χ1) is 17.7. The van der Waals surface area contributed by atoms with Crippen molar-refractivity contribution in [1.29, 1.82) is 0 Å². The second-order valence-electron chi connectivity index (χ2n) is 9.07. The number of hydrogen-bond donors (Lipinski definition) is 3. The fourth-order valence-corrected chi connectivity index (χ4v) is 4.58. The Balaban J connectivity index is 0.000000568. The number of carbonyl (C=O) groups excluding carboxylic acids is 2. The van der Waals surface area contributed by atoms with Crippen LogP contribution in [-0.4, -0.2) is 92.0 Å². The average molecular weight is 517 g/mol. The summed E-state index contributed by atoms with van der Waals surface area (Å²) in [5.74, 6) is -2.62. The zero-order chi connectivity index (χ0) is 27.0. The van der Waals surface area contributed by atoms with Crippen LogP contribution in [0.2, 0.25) is 0 Å². The Morgan fingerprint density at radius 3 is 2.43 bits per heavy atom. The van der Waals surface area contributed by atoms with Crippen molar-refractivity contribution in [2.45, 2.75) is 45.6 Å². The van der Waals surface area contributed by atoms with Gasteiger partial charge < -0.3 is 29.7 Å².